The Labute approximate surface area is 216 Å². The van der Waals surface area contributed by atoms with Gasteiger partial charge in [0.1, 0.15) is 17.9 Å². The van der Waals surface area contributed by atoms with Crippen molar-refractivity contribution < 1.29 is 19.5 Å². The zero-order chi connectivity index (χ0) is 26.4. The number of rotatable bonds is 6. The molecule has 3 atom stereocenters. The van der Waals surface area contributed by atoms with Crippen LogP contribution in [0.3, 0.4) is 0 Å². The van der Waals surface area contributed by atoms with Gasteiger partial charge in [-0.15, -0.1) is 0 Å². The molecule has 2 amide bonds. The lowest BCUT2D eigenvalue weighted by Gasteiger charge is -2.31. The van der Waals surface area contributed by atoms with Crippen molar-refractivity contribution in [2.45, 2.75) is 58.2 Å². The van der Waals surface area contributed by atoms with Gasteiger partial charge in [-0.05, 0) is 61.4 Å². The Morgan fingerprint density at radius 2 is 1.92 bits per heavy atom. The van der Waals surface area contributed by atoms with Crippen molar-refractivity contribution in [2.24, 2.45) is 17.1 Å². The lowest BCUT2D eigenvalue weighted by Crippen LogP contribution is -2.50. The van der Waals surface area contributed by atoms with Gasteiger partial charge in [-0.3, -0.25) is 19.8 Å². The number of fused-ring (bicyclic) bond motifs is 1. The Morgan fingerprint density at radius 3 is 2.65 bits per heavy atom. The highest BCUT2D eigenvalue weighted by molar-refractivity contribution is 5.91. The summed E-state index contributed by atoms with van der Waals surface area (Å²) in [4.78, 5) is 32.3. The summed E-state index contributed by atoms with van der Waals surface area (Å²) in [6.07, 6.45) is 1.74. The monoisotopic (exact) mass is 502 g/mol. The molecule has 1 saturated carbocycles. The quantitative estimate of drug-likeness (QED) is 0.348. The first-order valence-corrected chi connectivity index (χ1v) is 12.7. The normalized spacial score (nSPS) is 25.0. The van der Waals surface area contributed by atoms with Gasteiger partial charge in [-0.25, -0.2) is 5.48 Å². The summed E-state index contributed by atoms with van der Waals surface area (Å²) < 4.78 is 6.08. The van der Waals surface area contributed by atoms with Gasteiger partial charge in [0.2, 0.25) is 11.8 Å². The smallest absolute Gasteiger partial charge is 0.248 e. The molecule has 5 rings (SSSR count). The Morgan fingerprint density at radius 1 is 1.19 bits per heavy atom. The summed E-state index contributed by atoms with van der Waals surface area (Å²) in [5, 5.41) is 10.3. The SMILES string of the molecule is Cc1cc(COc2ccc([C@@]3(N)CCN([C@@H]4CC(C)(C)C[C@@H]4C(=O)NO)C3=O)cc2)c2ccccc2n1. The number of hydroxylamine groups is 1. The molecule has 2 heterocycles. The lowest BCUT2D eigenvalue weighted by molar-refractivity contribution is -0.139. The predicted octanol–water partition coefficient (Wildman–Crippen LogP) is 3.82. The number of carbonyl (C=O) groups is 2. The highest BCUT2D eigenvalue weighted by Crippen LogP contribution is 2.46. The maximum absolute atomic E-state index is 13.6. The number of aromatic nitrogens is 1. The Hall–Kier alpha value is -3.49. The van der Waals surface area contributed by atoms with Crippen LogP contribution < -0.4 is 16.0 Å². The van der Waals surface area contributed by atoms with Gasteiger partial charge in [0.05, 0.1) is 11.4 Å². The number of nitrogens with one attached hydrogen (secondary N) is 1. The molecule has 1 saturated heterocycles. The van der Waals surface area contributed by atoms with E-state index in [1.54, 1.807) is 10.4 Å². The maximum atomic E-state index is 13.6. The number of hydrogen-bond donors (Lipinski definition) is 3. The second-order valence-corrected chi connectivity index (χ2v) is 11.2. The Balaban J connectivity index is 1.31. The minimum absolute atomic E-state index is 0.111. The molecule has 0 radical (unpaired) electrons. The summed E-state index contributed by atoms with van der Waals surface area (Å²) in [6.45, 7) is 7.00. The number of carbonyl (C=O) groups excluding carboxylic acids is 2. The third-order valence-electron chi connectivity index (χ3n) is 7.93. The van der Waals surface area contributed by atoms with Crippen LogP contribution in [0, 0.1) is 18.3 Å². The van der Waals surface area contributed by atoms with Crippen molar-refractivity contribution >= 4 is 22.7 Å². The van der Waals surface area contributed by atoms with Crippen molar-refractivity contribution in [3.63, 3.8) is 0 Å². The van der Waals surface area contributed by atoms with E-state index in [-0.39, 0.29) is 17.4 Å². The van der Waals surface area contributed by atoms with Gasteiger partial charge in [0.15, 0.2) is 0 Å². The number of amides is 2. The van der Waals surface area contributed by atoms with E-state index in [9.17, 15) is 14.8 Å². The number of hydrogen-bond acceptors (Lipinski definition) is 6. The third kappa shape index (κ3) is 4.67. The summed E-state index contributed by atoms with van der Waals surface area (Å²) >= 11 is 0. The molecule has 3 aromatic rings. The largest absolute Gasteiger partial charge is 0.489 e. The van der Waals surface area contributed by atoms with E-state index in [0.717, 1.165) is 27.7 Å². The lowest BCUT2D eigenvalue weighted by atomic mass is 9.89. The van der Waals surface area contributed by atoms with Crippen LogP contribution in [0.2, 0.25) is 0 Å². The average Bonchev–Trinajstić information content (AvgIpc) is 3.37. The van der Waals surface area contributed by atoms with Gasteiger partial charge in [0, 0.05) is 29.2 Å². The fourth-order valence-corrected chi connectivity index (χ4v) is 6.07. The standard InChI is InChI=1S/C29H34N4O4/c1-18-14-19(22-6-4-5-7-24(22)31-18)17-37-21-10-8-20(9-11-21)29(30)12-13-33(27(29)35)25-16-28(2,3)15-23(25)26(34)32-36/h4-11,14,23,25,36H,12-13,15-17,30H2,1-3H3,(H,32,34)/t23-,25+,29-/m0/s1. The van der Waals surface area contributed by atoms with E-state index in [1.165, 1.54) is 0 Å². The van der Waals surface area contributed by atoms with Crippen molar-refractivity contribution in [3.8, 4) is 5.75 Å². The van der Waals surface area contributed by atoms with Crippen LogP contribution in [-0.2, 0) is 21.7 Å². The highest BCUT2D eigenvalue weighted by atomic mass is 16.5. The Kier molecular flexibility index (Phi) is 6.41. The van der Waals surface area contributed by atoms with Gasteiger partial charge in [-0.2, -0.15) is 0 Å². The van der Waals surface area contributed by atoms with E-state index >= 15 is 0 Å². The van der Waals surface area contributed by atoms with Crippen LogP contribution in [0.4, 0.5) is 0 Å². The average molecular weight is 503 g/mol. The zero-order valence-electron chi connectivity index (χ0n) is 21.5. The minimum atomic E-state index is -1.16. The van der Waals surface area contributed by atoms with E-state index < -0.39 is 17.4 Å². The van der Waals surface area contributed by atoms with Gasteiger partial charge in [0.25, 0.3) is 0 Å². The summed E-state index contributed by atoms with van der Waals surface area (Å²) in [7, 11) is 0. The number of nitrogens with two attached hydrogens (primary N) is 1. The third-order valence-corrected chi connectivity index (χ3v) is 7.93. The molecular weight excluding hydrogens is 468 g/mol. The van der Waals surface area contributed by atoms with Crippen molar-refractivity contribution in [1.29, 1.82) is 0 Å². The topological polar surface area (TPSA) is 118 Å². The fraction of sp³-hybridized carbons (Fsp3) is 0.414. The number of pyridine rings is 1. The second kappa shape index (κ2) is 9.43. The zero-order valence-corrected chi connectivity index (χ0v) is 21.5. The Bertz CT molecular complexity index is 1340. The molecule has 8 nitrogen and oxygen atoms in total. The first-order chi connectivity index (χ1) is 17.6. The molecule has 4 N–H and O–H groups in total. The molecule has 0 unspecified atom stereocenters. The molecule has 8 heteroatoms. The minimum Gasteiger partial charge on any atom is -0.489 e. The van der Waals surface area contributed by atoms with E-state index in [0.29, 0.717) is 38.2 Å². The van der Waals surface area contributed by atoms with Crippen LogP contribution in [-0.4, -0.2) is 39.5 Å². The predicted molar refractivity (Wildman–Crippen MR) is 140 cm³/mol. The number of ether oxygens (including phenoxy) is 1. The molecule has 2 aliphatic rings. The van der Waals surface area contributed by atoms with E-state index in [4.69, 9.17) is 10.5 Å². The van der Waals surface area contributed by atoms with Crippen molar-refractivity contribution in [2.75, 3.05) is 6.54 Å². The summed E-state index contributed by atoms with van der Waals surface area (Å²) in [5.41, 5.74) is 10.9. The second-order valence-electron chi connectivity index (χ2n) is 11.2. The fourth-order valence-electron chi connectivity index (χ4n) is 6.07. The van der Waals surface area contributed by atoms with Gasteiger partial charge < -0.3 is 15.4 Å². The number of aryl methyl sites for hydroxylation is 1. The number of benzene rings is 2. The first kappa shape index (κ1) is 25.2. The molecule has 1 aliphatic heterocycles. The van der Waals surface area contributed by atoms with Crippen LogP contribution in [0.25, 0.3) is 10.9 Å². The number of nitrogens with zero attached hydrogens (tertiary/aromatic N) is 2. The molecule has 1 aromatic heterocycles. The van der Waals surface area contributed by atoms with Crippen LogP contribution in [0.15, 0.2) is 54.6 Å². The number of likely N-dealkylation sites (tertiary alicyclic amines) is 1. The summed E-state index contributed by atoms with van der Waals surface area (Å²) in [5.74, 6) is -0.407. The highest BCUT2D eigenvalue weighted by Gasteiger charge is 2.53. The molecular formula is C29H34N4O4. The molecule has 1 aliphatic carbocycles. The molecule has 2 aromatic carbocycles. The van der Waals surface area contributed by atoms with E-state index in [2.05, 4.69) is 18.8 Å². The maximum Gasteiger partial charge on any atom is 0.248 e. The van der Waals surface area contributed by atoms with E-state index in [1.807, 2.05) is 61.5 Å². The number of para-hydroxylation sites is 1. The molecule has 0 spiro atoms. The molecule has 194 valence electrons. The van der Waals surface area contributed by atoms with Crippen LogP contribution in [0.5, 0.6) is 5.75 Å². The van der Waals surface area contributed by atoms with Gasteiger partial charge >= 0.3 is 0 Å². The van der Waals surface area contributed by atoms with Crippen molar-refractivity contribution in [1.82, 2.24) is 15.4 Å². The molecule has 0 bridgehead atoms. The van der Waals surface area contributed by atoms with Crippen LogP contribution in [0.1, 0.15) is 49.9 Å². The molecule has 2 fully saturated rings. The van der Waals surface area contributed by atoms with Crippen molar-refractivity contribution in [3.05, 3.63) is 71.4 Å². The first-order valence-electron chi connectivity index (χ1n) is 12.7. The summed E-state index contributed by atoms with van der Waals surface area (Å²) in [6, 6.07) is 17.1. The van der Waals surface area contributed by atoms with Crippen LogP contribution >= 0.6 is 0 Å². The van der Waals surface area contributed by atoms with Gasteiger partial charge in [-0.1, -0.05) is 44.2 Å². The molecule has 37 heavy (non-hydrogen) atoms.